The average molecular weight is 400 g/mol. The topological polar surface area (TPSA) is 64.0 Å². The van der Waals surface area contributed by atoms with Gasteiger partial charge in [0.2, 0.25) is 10.9 Å². The van der Waals surface area contributed by atoms with Gasteiger partial charge in [-0.25, -0.2) is 4.98 Å². The van der Waals surface area contributed by atoms with Crippen molar-refractivity contribution in [3.8, 4) is 0 Å². The van der Waals surface area contributed by atoms with E-state index in [1.807, 2.05) is 30.3 Å². The molecule has 6 nitrogen and oxygen atoms in total. The number of hydrogen-bond donors (Lipinski definition) is 0. The molecule has 0 bridgehead atoms. The van der Waals surface area contributed by atoms with Crippen LogP contribution >= 0.6 is 22.9 Å². The Bertz CT molecular complexity index is 1030. The number of anilines is 1. The van der Waals surface area contributed by atoms with Gasteiger partial charge in [-0.3, -0.25) is 4.79 Å². The lowest BCUT2D eigenvalue weighted by molar-refractivity contribution is -0.119. The Hall–Kier alpha value is -2.90. The van der Waals surface area contributed by atoms with E-state index in [-0.39, 0.29) is 5.76 Å². The van der Waals surface area contributed by atoms with Crippen LogP contribution < -0.4 is 5.01 Å². The lowest BCUT2D eigenvalue weighted by Crippen LogP contribution is -2.30. The van der Waals surface area contributed by atoms with Crippen LogP contribution in [0.3, 0.4) is 0 Å². The number of thiazole rings is 1. The van der Waals surface area contributed by atoms with Crippen molar-refractivity contribution in [1.82, 2.24) is 4.98 Å². The maximum atomic E-state index is 12.9. The molecule has 0 spiro atoms. The fourth-order valence-corrected chi connectivity index (χ4v) is 3.61. The van der Waals surface area contributed by atoms with Crippen LogP contribution in [0, 0.1) is 0 Å². The highest BCUT2D eigenvalue weighted by Gasteiger charge is 2.26. The first-order chi connectivity index (χ1) is 13.2. The van der Waals surface area contributed by atoms with E-state index >= 15 is 0 Å². The SMILES string of the molecule is O=C(C1=COCCO1)N(/N=C\c1ccccc1)c1nc2ccc(Cl)cc2s1. The maximum absolute atomic E-state index is 12.9. The summed E-state index contributed by atoms with van der Waals surface area (Å²) in [6.45, 7) is 0.715. The van der Waals surface area contributed by atoms with E-state index in [2.05, 4.69) is 10.1 Å². The zero-order valence-corrected chi connectivity index (χ0v) is 15.6. The van der Waals surface area contributed by atoms with Crippen LogP contribution in [0.15, 0.2) is 65.7 Å². The summed E-state index contributed by atoms with van der Waals surface area (Å²) in [6, 6.07) is 14.9. The molecule has 1 amide bonds. The summed E-state index contributed by atoms with van der Waals surface area (Å²) < 4.78 is 11.5. The van der Waals surface area contributed by atoms with Gasteiger partial charge in [0.05, 0.1) is 16.4 Å². The van der Waals surface area contributed by atoms with Crippen LogP contribution in [0.2, 0.25) is 5.02 Å². The van der Waals surface area contributed by atoms with E-state index in [1.54, 1.807) is 24.4 Å². The number of hydrogen-bond acceptors (Lipinski definition) is 6. The molecule has 0 radical (unpaired) electrons. The molecule has 0 atom stereocenters. The van der Waals surface area contributed by atoms with Gasteiger partial charge < -0.3 is 9.47 Å². The molecule has 2 aromatic carbocycles. The lowest BCUT2D eigenvalue weighted by Gasteiger charge is -2.19. The minimum Gasteiger partial charge on any atom is -0.494 e. The third-order valence-corrected chi connectivity index (χ3v) is 4.92. The van der Waals surface area contributed by atoms with Crippen molar-refractivity contribution in [3.63, 3.8) is 0 Å². The number of nitrogens with zero attached hydrogens (tertiary/aromatic N) is 3. The summed E-state index contributed by atoms with van der Waals surface area (Å²) in [5, 5.41) is 6.59. The number of fused-ring (bicyclic) bond motifs is 1. The Balaban J connectivity index is 1.73. The fourth-order valence-electron chi connectivity index (χ4n) is 2.41. The van der Waals surface area contributed by atoms with E-state index in [9.17, 15) is 4.79 Å². The molecule has 0 aliphatic carbocycles. The van der Waals surface area contributed by atoms with Gasteiger partial charge >= 0.3 is 5.91 Å². The third kappa shape index (κ3) is 3.94. The Morgan fingerprint density at radius 1 is 1.22 bits per heavy atom. The molecular formula is C19H14ClN3O3S. The molecule has 2 heterocycles. The second kappa shape index (κ2) is 7.77. The molecule has 8 heteroatoms. The predicted molar refractivity (Wildman–Crippen MR) is 106 cm³/mol. The number of benzene rings is 2. The summed E-state index contributed by atoms with van der Waals surface area (Å²) in [6.07, 6.45) is 2.91. The van der Waals surface area contributed by atoms with Crippen molar-refractivity contribution in [2.24, 2.45) is 5.10 Å². The highest BCUT2D eigenvalue weighted by atomic mass is 35.5. The summed E-state index contributed by atoms with van der Waals surface area (Å²) >= 11 is 7.38. The van der Waals surface area contributed by atoms with Crippen LogP contribution in [0.25, 0.3) is 10.2 Å². The van der Waals surface area contributed by atoms with Crippen LogP contribution in [-0.4, -0.2) is 30.3 Å². The number of rotatable bonds is 4. The van der Waals surface area contributed by atoms with Crippen molar-refractivity contribution in [3.05, 3.63) is 71.1 Å². The van der Waals surface area contributed by atoms with Crippen molar-refractivity contribution in [2.45, 2.75) is 0 Å². The molecule has 3 aromatic rings. The molecule has 1 aliphatic rings. The third-order valence-electron chi connectivity index (χ3n) is 3.69. The van der Waals surface area contributed by atoms with Gasteiger partial charge in [0.25, 0.3) is 0 Å². The molecule has 4 rings (SSSR count). The monoisotopic (exact) mass is 399 g/mol. The van der Waals surface area contributed by atoms with Gasteiger partial charge in [-0.05, 0) is 23.8 Å². The van der Waals surface area contributed by atoms with E-state index in [1.165, 1.54) is 22.6 Å². The van der Waals surface area contributed by atoms with Crippen LogP contribution in [-0.2, 0) is 14.3 Å². The molecule has 0 fully saturated rings. The first kappa shape index (κ1) is 17.5. The molecule has 136 valence electrons. The summed E-state index contributed by atoms with van der Waals surface area (Å²) in [5.74, 6) is -0.365. The number of carbonyl (C=O) groups excluding carboxylic acids is 1. The second-order valence-corrected chi connectivity index (χ2v) is 7.03. The van der Waals surface area contributed by atoms with E-state index < -0.39 is 5.91 Å². The summed E-state index contributed by atoms with van der Waals surface area (Å²) in [5.41, 5.74) is 1.59. The average Bonchev–Trinajstić information content (AvgIpc) is 3.12. The fraction of sp³-hybridized carbons (Fsp3) is 0.105. The van der Waals surface area contributed by atoms with Crippen molar-refractivity contribution < 1.29 is 14.3 Å². The largest absolute Gasteiger partial charge is 0.494 e. The smallest absolute Gasteiger partial charge is 0.319 e. The number of hydrazone groups is 1. The highest BCUT2D eigenvalue weighted by molar-refractivity contribution is 7.22. The second-order valence-electron chi connectivity index (χ2n) is 5.58. The Morgan fingerprint density at radius 2 is 2.07 bits per heavy atom. The standard InChI is InChI=1S/C19H14ClN3O3S/c20-14-6-7-15-17(10-14)27-19(22-15)23(18(24)16-12-25-8-9-26-16)21-11-13-4-2-1-3-5-13/h1-7,10-12H,8-9H2/b21-11-. The first-order valence-corrected chi connectivity index (χ1v) is 9.34. The molecule has 1 aliphatic heterocycles. The van der Waals surface area contributed by atoms with Gasteiger partial charge in [0.15, 0.2) is 0 Å². The normalized spacial score (nSPS) is 13.9. The van der Waals surface area contributed by atoms with E-state index in [0.29, 0.717) is 23.4 Å². The predicted octanol–water partition coefficient (Wildman–Crippen LogP) is 4.21. The maximum Gasteiger partial charge on any atom is 0.319 e. The molecule has 0 unspecified atom stereocenters. The van der Waals surface area contributed by atoms with Gasteiger partial charge in [-0.1, -0.05) is 53.3 Å². The molecule has 0 saturated heterocycles. The first-order valence-electron chi connectivity index (χ1n) is 8.15. The number of amides is 1. The van der Waals surface area contributed by atoms with E-state index in [0.717, 1.165) is 15.8 Å². The minimum absolute atomic E-state index is 0.0868. The lowest BCUT2D eigenvalue weighted by atomic mass is 10.2. The van der Waals surface area contributed by atoms with E-state index in [4.69, 9.17) is 21.1 Å². The molecule has 0 saturated carbocycles. The van der Waals surface area contributed by atoms with Crippen molar-refractivity contribution >= 4 is 50.4 Å². The van der Waals surface area contributed by atoms with Gasteiger partial charge in [-0.15, -0.1) is 0 Å². The number of carbonyl (C=O) groups is 1. The van der Waals surface area contributed by atoms with Gasteiger partial charge in [0, 0.05) is 5.02 Å². The quantitative estimate of drug-likeness (QED) is 0.487. The Kier molecular flexibility index (Phi) is 5.04. The number of aromatic nitrogens is 1. The molecule has 0 N–H and O–H groups in total. The van der Waals surface area contributed by atoms with Crippen molar-refractivity contribution in [1.29, 1.82) is 0 Å². The Labute approximate surface area is 164 Å². The van der Waals surface area contributed by atoms with Crippen LogP contribution in [0.5, 0.6) is 0 Å². The zero-order valence-electron chi connectivity index (χ0n) is 14.0. The van der Waals surface area contributed by atoms with Crippen LogP contribution in [0.4, 0.5) is 5.13 Å². The van der Waals surface area contributed by atoms with Crippen molar-refractivity contribution in [2.75, 3.05) is 18.2 Å². The van der Waals surface area contributed by atoms with Gasteiger partial charge in [0.1, 0.15) is 19.5 Å². The minimum atomic E-state index is -0.452. The Morgan fingerprint density at radius 3 is 2.85 bits per heavy atom. The highest BCUT2D eigenvalue weighted by Crippen LogP contribution is 2.32. The summed E-state index contributed by atoms with van der Waals surface area (Å²) in [4.78, 5) is 17.5. The number of halogens is 1. The van der Waals surface area contributed by atoms with Crippen LogP contribution in [0.1, 0.15) is 5.56 Å². The zero-order chi connectivity index (χ0) is 18.6. The molecular weight excluding hydrogens is 386 g/mol. The molecule has 27 heavy (non-hydrogen) atoms. The van der Waals surface area contributed by atoms with Gasteiger partial charge in [-0.2, -0.15) is 10.1 Å². The number of ether oxygens (including phenoxy) is 2. The molecule has 1 aromatic heterocycles. The summed E-state index contributed by atoms with van der Waals surface area (Å²) in [7, 11) is 0.